The predicted octanol–water partition coefficient (Wildman–Crippen LogP) is 0.558. The van der Waals surface area contributed by atoms with Crippen LogP contribution in [0, 0.1) is 10.1 Å². The Bertz CT molecular complexity index is 650. The highest BCUT2D eigenvalue weighted by molar-refractivity contribution is 6.06. The summed E-state index contributed by atoms with van der Waals surface area (Å²) in [6, 6.07) is 3.78. The number of benzene rings is 1. The second-order valence-corrected chi connectivity index (χ2v) is 3.70. The van der Waals surface area contributed by atoms with Gasteiger partial charge in [0.25, 0.3) is 11.6 Å². The lowest BCUT2D eigenvalue weighted by atomic mass is 10.1. The highest BCUT2D eigenvalue weighted by atomic mass is 16.6. The van der Waals surface area contributed by atoms with Crippen LogP contribution in [0.1, 0.15) is 10.4 Å². The molecule has 9 nitrogen and oxygen atoms in total. The van der Waals surface area contributed by atoms with Gasteiger partial charge >= 0.3 is 0 Å². The maximum absolute atomic E-state index is 12.0. The summed E-state index contributed by atoms with van der Waals surface area (Å²) in [5.74, 6) is -0.489. The Morgan fingerprint density at radius 3 is 2.84 bits per heavy atom. The van der Waals surface area contributed by atoms with Crippen molar-refractivity contribution in [2.45, 2.75) is 0 Å². The maximum Gasteiger partial charge on any atom is 0.282 e. The summed E-state index contributed by atoms with van der Waals surface area (Å²) in [6.07, 6.45) is 1.25. The molecule has 0 radical (unpaired) electrons. The topological polar surface area (TPSA) is 129 Å². The van der Waals surface area contributed by atoms with Crippen molar-refractivity contribution in [3.05, 3.63) is 40.2 Å². The number of nitrogens with two attached hydrogens (primary N) is 1. The van der Waals surface area contributed by atoms with E-state index in [0.29, 0.717) is 0 Å². The van der Waals surface area contributed by atoms with Gasteiger partial charge in [-0.15, -0.1) is 0 Å². The monoisotopic (exact) mass is 262 g/mol. The number of rotatable bonds is 3. The van der Waals surface area contributed by atoms with Crippen LogP contribution in [0.3, 0.4) is 0 Å². The van der Waals surface area contributed by atoms with Crippen LogP contribution >= 0.6 is 0 Å². The number of nitro benzene ring substituents is 1. The molecule has 1 aromatic heterocycles. The third kappa shape index (κ3) is 2.49. The van der Waals surface area contributed by atoms with Crippen LogP contribution < -0.4 is 11.1 Å². The smallest absolute Gasteiger partial charge is 0.282 e. The largest absolute Gasteiger partial charge is 0.399 e. The summed E-state index contributed by atoms with van der Waals surface area (Å²) in [7, 11) is 1.58. The van der Waals surface area contributed by atoms with Crippen molar-refractivity contribution in [3.8, 4) is 0 Å². The summed E-state index contributed by atoms with van der Waals surface area (Å²) in [5.41, 5.74) is 5.33. The molecule has 0 saturated heterocycles. The van der Waals surface area contributed by atoms with Crippen molar-refractivity contribution in [3.63, 3.8) is 0 Å². The van der Waals surface area contributed by atoms with Gasteiger partial charge < -0.3 is 5.73 Å². The number of nitro groups is 1. The van der Waals surface area contributed by atoms with Gasteiger partial charge in [-0.05, 0) is 12.1 Å². The molecule has 0 aliphatic heterocycles. The van der Waals surface area contributed by atoms with Gasteiger partial charge in [-0.1, -0.05) is 0 Å². The molecule has 0 bridgehead atoms. The molecule has 3 N–H and O–H groups in total. The number of aryl methyl sites for hydroxylation is 1. The van der Waals surface area contributed by atoms with E-state index in [1.165, 1.54) is 29.2 Å². The zero-order valence-corrected chi connectivity index (χ0v) is 9.90. The summed E-state index contributed by atoms with van der Waals surface area (Å²) in [5, 5.41) is 17.0. The van der Waals surface area contributed by atoms with Crippen molar-refractivity contribution < 1.29 is 9.72 Å². The second kappa shape index (κ2) is 4.72. The predicted molar refractivity (Wildman–Crippen MR) is 66.5 cm³/mol. The molecule has 0 fully saturated rings. The zero-order chi connectivity index (χ0) is 14.0. The number of nitrogen functional groups attached to an aromatic ring is 1. The van der Waals surface area contributed by atoms with Gasteiger partial charge in [0.15, 0.2) is 0 Å². The van der Waals surface area contributed by atoms with E-state index in [1.807, 2.05) is 0 Å². The van der Waals surface area contributed by atoms with E-state index in [9.17, 15) is 14.9 Å². The molecular weight excluding hydrogens is 252 g/mol. The third-order valence-electron chi connectivity index (χ3n) is 2.40. The summed E-state index contributed by atoms with van der Waals surface area (Å²) in [6.45, 7) is 0. The van der Waals surface area contributed by atoms with Crippen molar-refractivity contribution in [1.29, 1.82) is 0 Å². The minimum Gasteiger partial charge on any atom is -0.399 e. The molecule has 1 aromatic carbocycles. The molecule has 0 spiro atoms. The first-order valence-electron chi connectivity index (χ1n) is 5.18. The molecule has 0 atom stereocenters. The average molecular weight is 262 g/mol. The Balaban J connectivity index is 2.36. The van der Waals surface area contributed by atoms with Crippen LogP contribution in [0.5, 0.6) is 0 Å². The lowest BCUT2D eigenvalue weighted by Gasteiger charge is -2.05. The van der Waals surface area contributed by atoms with Gasteiger partial charge in [-0.2, -0.15) is 10.1 Å². The zero-order valence-electron chi connectivity index (χ0n) is 9.90. The van der Waals surface area contributed by atoms with Crippen LogP contribution in [0.2, 0.25) is 0 Å². The molecule has 9 heteroatoms. The van der Waals surface area contributed by atoms with Gasteiger partial charge in [0.2, 0.25) is 5.95 Å². The van der Waals surface area contributed by atoms with E-state index in [0.717, 1.165) is 0 Å². The first-order chi connectivity index (χ1) is 8.99. The Morgan fingerprint density at radius 1 is 1.53 bits per heavy atom. The van der Waals surface area contributed by atoms with E-state index >= 15 is 0 Å². The lowest BCUT2D eigenvalue weighted by molar-refractivity contribution is -0.385. The molecule has 0 saturated carbocycles. The summed E-state index contributed by atoms with van der Waals surface area (Å²) < 4.78 is 1.33. The van der Waals surface area contributed by atoms with E-state index in [-0.39, 0.29) is 22.9 Å². The first-order valence-corrected chi connectivity index (χ1v) is 5.18. The molecule has 0 aliphatic rings. The third-order valence-corrected chi connectivity index (χ3v) is 2.40. The molecule has 19 heavy (non-hydrogen) atoms. The van der Waals surface area contributed by atoms with Crippen LogP contribution in [0.4, 0.5) is 17.3 Å². The van der Waals surface area contributed by atoms with Crippen LogP contribution in [-0.2, 0) is 7.05 Å². The average Bonchev–Trinajstić information content (AvgIpc) is 2.74. The summed E-state index contributed by atoms with van der Waals surface area (Å²) in [4.78, 5) is 26.0. The van der Waals surface area contributed by atoms with Crippen LogP contribution in [0.15, 0.2) is 24.5 Å². The van der Waals surface area contributed by atoms with E-state index in [1.54, 1.807) is 7.05 Å². The number of hydrogen-bond acceptors (Lipinski definition) is 6. The number of carbonyl (C=O) groups excluding carboxylic acids is 1. The molecule has 2 rings (SSSR count). The second-order valence-electron chi connectivity index (χ2n) is 3.70. The SMILES string of the molecule is Cn1ncnc1NC(=O)c1cc(N)ccc1[N+](=O)[O-]. The fourth-order valence-corrected chi connectivity index (χ4v) is 1.47. The lowest BCUT2D eigenvalue weighted by Crippen LogP contribution is -2.17. The van der Waals surface area contributed by atoms with Crippen LogP contribution in [0.25, 0.3) is 0 Å². The van der Waals surface area contributed by atoms with E-state index < -0.39 is 10.8 Å². The molecular formula is C10H10N6O3. The van der Waals surface area contributed by atoms with E-state index in [4.69, 9.17) is 5.73 Å². The molecule has 0 unspecified atom stereocenters. The molecule has 1 amide bonds. The molecule has 1 heterocycles. The van der Waals surface area contributed by atoms with Crippen molar-refractivity contribution >= 4 is 23.2 Å². The number of nitrogens with zero attached hydrogens (tertiary/aromatic N) is 4. The van der Waals surface area contributed by atoms with E-state index in [2.05, 4.69) is 15.4 Å². The number of nitrogens with one attached hydrogen (secondary N) is 1. The minimum atomic E-state index is -0.671. The molecule has 2 aromatic rings. The summed E-state index contributed by atoms with van der Waals surface area (Å²) >= 11 is 0. The highest BCUT2D eigenvalue weighted by Gasteiger charge is 2.21. The maximum atomic E-state index is 12.0. The normalized spacial score (nSPS) is 10.2. The van der Waals surface area contributed by atoms with Crippen molar-refractivity contribution in [2.24, 2.45) is 7.05 Å². The standard InChI is InChI=1S/C10H10N6O3/c1-15-10(12-5-13-15)14-9(17)7-4-6(11)2-3-8(7)16(18)19/h2-5H,11H2,1H3,(H,12,13,14,17). The Hall–Kier alpha value is -2.97. The number of carbonyl (C=O) groups is 1. The van der Waals surface area contributed by atoms with Crippen molar-refractivity contribution in [2.75, 3.05) is 11.1 Å². The number of hydrogen-bond donors (Lipinski definition) is 2. The fraction of sp³-hybridized carbons (Fsp3) is 0.100. The Labute approximate surface area is 107 Å². The Morgan fingerprint density at radius 2 is 2.26 bits per heavy atom. The van der Waals surface area contributed by atoms with Gasteiger partial charge in [0.1, 0.15) is 11.9 Å². The quantitative estimate of drug-likeness (QED) is 0.472. The van der Waals surface area contributed by atoms with Gasteiger partial charge in [0, 0.05) is 18.8 Å². The number of amides is 1. The first kappa shape index (κ1) is 12.5. The molecule has 0 aliphatic carbocycles. The highest BCUT2D eigenvalue weighted by Crippen LogP contribution is 2.22. The molecule has 98 valence electrons. The number of aromatic nitrogens is 3. The minimum absolute atomic E-state index is 0.131. The van der Waals surface area contributed by atoms with Crippen LogP contribution in [-0.4, -0.2) is 25.6 Å². The Kier molecular flexibility index (Phi) is 3.10. The fourth-order valence-electron chi connectivity index (χ4n) is 1.47. The van der Waals surface area contributed by atoms with Gasteiger partial charge in [-0.25, -0.2) is 4.68 Å². The number of anilines is 2. The van der Waals surface area contributed by atoms with Crippen molar-refractivity contribution in [1.82, 2.24) is 14.8 Å². The van der Waals surface area contributed by atoms with Gasteiger partial charge in [0.05, 0.1) is 4.92 Å². The van der Waals surface area contributed by atoms with Gasteiger partial charge in [-0.3, -0.25) is 20.2 Å².